The molecule has 0 fully saturated rings. The van der Waals surface area contributed by atoms with E-state index in [-0.39, 0.29) is 18.3 Å². The second kappa shape index (κ2) is 5.68. The normalized spacial score (nSPS) is 11.2. The molecule has 0 aliphatic heterocycles. The first-order chi connectivity index (χ1) is 7.87. The zero-order valence-corrected chi connectivity index (χ0v) is 10.5. The lowest BCUT2D eigenvalue weighted by molar-refractivity contribution is -0.153. The van der Waals surface area contributed by atoms with E-state index in [1.54, 1.807) is 18.2 Å². The number of ether oxygens (including phenoxy) is 1. The molecular weight excluding hydrogens is 218 g/mol. The fraction of sp³-hybridized carbons (Fsp3) is 0.462. The van der Waals surface area contributed by atoms with Crippen molar-refractivity contribution >= 4 is 5.97 Å². The number of hydrogen-bond acceptors (Lipinski definition) is 4. The number of phenols is 1. The van der Waals surface area contributed by atoms with Crippen LogP contribution in [0.4, 0.5) is 0 Å². The van der Waals surface area contributed by atoms with Crippen LogP contribution < -0.4 is 5.32 Å². The van der Waals surface area contributed by atoms with Gasteiger partial charge >= 0.3 is 5.97 Å². The molecule has 0 unspecified atom stereocenters. The van der Waals surface area contributed by atoms with E-state index in [0.29, 0.717) is 6.54 Å². The summed E-state index contributed by atoms with van der Waals surface area (Å²) in [5, 5.41) is 12.2. The van der Waals surface area contributed by atoms with E-state index in [9.17, 15) is 9.90 Å². The van der Waals surface area contributed by atoms with Crippen molar-refractivity contribution in [3.63, 3.8) is 0 Å². The highest BCUT2D eigenvalue weighted by Crippen LogP contribution is 2.10. The van der Waals surface area contributed by atoms with Crippen molar-refractivity contribution in [1.29, 1.82) is 0 Å². The fourth-order valence-electron chi connectivity index (χ4n) is 1.35. The highest BCUT2D eigenvalue weighted by Gasteiger charge is 2.15. The second-order valence-electron chi connectivity index (χ2n) is 4.86. The summed E-state index contributed by atoms with van der Waals surface area (Å²) in [5.41, 5.74) is 0.470. The topological polar surface area (TPSA) is 58.6 Å². The van der Waals surface area contributed by atoms with Crippen molar-refractivity contribution in [3.05, 3.63) is 29.8 Å². The van der Waals surface area contributed by atoms with Gasteiger partial charge in [0.1, 0.15) is 11.4 Å². The summed E-state index contributed by atoms with van der Waals surface area (Å²) < 4.78 is 5.15. The van der Waals surface area contributed by atoms with Crippen molar-refractivity contribution in [2.75, 3.05) is 6.54 Å². The maximum Gasteiger partial charge on any atom is 0.320 e. The van der Waals surface area contributed by atoms with Crippen molar-refractivity contribution in [1.82, 2.24) is 5.32 Å². The molecule has 0 saturated carbocycles. The molecule has 4 nitrogen and oxygen atoms in total. The number of aromatic hydroxyl groups is 1. The Bertz CT molecular complexity index is 382. The number of benzene rings is 1. The Balaban J connectivity index is 2.31. The lowest BCUT2D eigenvalue weighted by Crippen LogP contribution is -2.31. The zero-order chi connectivity index (χ0) is 12.9. The van der Waals surface area contributed by atoms with Crippen LogP contribution in [0.15, 0.2) is 24.3 Å². The van der Waals surface area contributed by atoms with Gasteiger partial charge in [0, 0.05) is 6.54 Å². The van der Waals surface area contributed by atoms with E-state index >= 15 is 0 Å². The molecule has 94 valence electrons. The Kier molecular flexibility index (Phi) is 4.52. The molecule has 2 N–H and O–H groups in total. The standard InChI is InChI=1S/C13H19NO3/c1-13(2,3)17-12(16)9-14-8-10-5-4-6-11(15)7-10/h4-7,14-15H,8-9H2,1-3H3. The molecule has 1 aromatic rings. The molecule has 0 heterocycles. The van der Waals surface area contributed by atoms with Crippen LogP contribution in [-0.2, 0) is 16.1 Å². The lowest BCUT2D eigenvalue weighted by atomic mass is 10.2. The number of carbonyl (C=O) groups is 1. The van der Waals surface area contributed by atoms with E-state index in [1.807, 2.05) is 26.8 Å². The third-order valence-electron chi connectivity index (χ3n) is 1.93. The SMILES string of the molecule is CC(C)(C)OC(=O)CNCc1cccc(O)c1. The van der Waals surface area contributed by atoms with Crippen LogP contribution in [-0.4, -0.2) is 23.2 Å². The summed E-state index contributed by atoms with van der Waals surface area (Å²) in [6.45, 7) is 6.18. The number of hydrogen-bond donors (Lipinski definition) is 2. The van der Waals surface area contributed by atoms with Gasteiger partial charge in [-0.15, -0.1) is 0 Å². The van der Waals surface area contributed by atoms with E-state index in [2.05, 4.69) is 5.32 Å². The Morgan fingerprint density at radius 3 is 2.71 bits per heavy atom. The van der Waals surface area contributed by atoms with Crippen LogP contribution in [0.3, 0.4) is 0 Å². The summed E-state index contributed by atoms with van der Waals surface area (Å²) in [4.78, 5) is 11.4. The minimum Gasteiger partial charge on any atom is -0.508 e. The molecule has 0 aliphatic carbocycles. The highest BCUT2D eigenvalue weighted by molar-refractivity contribution is 5.72. The second-order valence-corrected chi connectivity index (χ2v) is 4.86. The maximum absolute atomic E-state index is 11.4. The Hall–Kier alpha value is -1.55. The first-order valence-electron chi connectivity index (χ1n) is 5.57. The molecule has 4 heteroatoms. The fourth-order valence-corrected chi connectivity index (χ4v) is 1.35. The van der Waals surface area contributed by atoms with Crippen molar-refractivity contribution in [2.24, 2.45) is 0 Å². The number of esters is 1. The van der Waals surface area contributed by atoms with Gasteiger partial charge < -0.3 is 15.2 Å². The van der Waals surface area contributed by atoms with Gasteiger partial charge in [-0.3, -0.25) is 4.79 Å². The molecule has 1 rings (SSSR count). The van der Waals surface area contributed by atoms with Gasteiger partial charge in [0.15, 0.2) is 0 Å². The van der Waals surface area contributed by atoms with Gasteiger partial charge in [-0.1, -0.05) is 12.1 Å². The van der Waals surface area contributed by atoms with E-state index in [0.717, 1.165) is 5.56 Å². The zero-order valence-electron chi connectivity index (χ0n) is 10.5. The van der Waals surface area contributed by atoms with Crippen molar-refractivity contribution in [2.45, 2.75) is 32.9 Å². The molecule has 0 bridgehead atoms. The van der Waals surface area contributed by atoms with Gasteiger partial charge in [0.2, 0.25) is 0 Å². The Labute approximate surface area is 102 Å². The van der Waals surface area contributed by atoms with Crippen LogP contribution in [0.1, 0.15) is 26.3 Å². The summed E-state index contributed by atoms with van der Waals surface area (Å²) in [6, 6.07) is 6.90. The molecule has 0 aliphatic rings. The average molecular weight is 237 g/mol. The van der Waals surface area contributed by atoms with Crippen LogP contribution in [0.25, 0.3) is 0 Å². The van der Waals surface area contributed by atoms with E-state index < -0.39 is 5.60 Å². The smallest absolute Gasteiger partial charge is 0.320 e. The minimum absolute atomic E-state index is 0.160. The van der Waals surface area contributed by atoms with E-state index in [4.69, 9.17) is 4.74 Å². The Morgan fingerprint density at radius 1 is 1.41 bits per heavy atom. The average Bonchev–Trinajstić information content (AvgIpc) is 2.14. The van der Waals surface area contributed by atoms with Gasteiger partial charge in [-0.2, -0.15) is 0 Å². The van der Waals surface area contributed by atoms with Gasteiger partial charge in [-0.25, -0.2) is 0 Å². The molecule has 0 saturated heterocycles. The Morgan fingerprint density at radius 2 is 2.12 bits per heavy atom. The third-order valence-corrected chi connectivity index (χ3v) is 1.93. The predicted molar refractivity (Wildman–Crippen MR) is 65.7 cm³/mol. The predicted octanol–water partition coefficient (Wildman–Crippen LogP) is 1.82. The number of nitrogens with one attached hydrogen (secondary N) is 1. The number of carbonyl (C=O) groups excluding carboxylic acids is 1. The summed E-state index contributed by atoms with van der Waals surface area (Å²) in [6.07, 6.45) is 0. The van der Waals surface area contributed by atoms with Crippen LogP contribution in [0.2, 0.25) is 0 Å². The van der Waals surface area contributed by atoms with Crippen LogP contribution in [0.5, 0.6) is 5.75 Å². The van der Waals surface area contributed by atoms with Gasteiger partial charge in [-0.05, 0) is 38.5 Å². The van der Waals surface area contributed by atoms with Crippen molar-refractivity contribution in [3.8, 4) is 5.75 Å². The molecule has 0 radical (unpaired) electrons. The highest BCUT2D eigenvalue weighted by atomic mass is 16.6. The number of phenolic OH excluding ortho intramolecular Hbond substituents is 1. The van der Waals surface area contributed by atoms with Gasteiger partial charge in [0.25, 0.3) is 0 Å². The van der Waals surface area contributed by atoms with Crippen LogP contribution in [0, 0.1) is 0 Å². The molecular formula is C13H19NO3. The molecule has 17 heavy (non-hydrogen) atoms. The molecule has 1 aromatic carbocycles. The minimum atomic E-state index is -0.455. The lowest BCUT2D eigenvalue weighted by Gasteiger charge is -2.19. The third kappa shape index (κ3) is 5.92. The number of rotatable bonds is 4. The monoisotopic (exact) mass is 237 g/mol. The summed E-state index contributed by atoms with van der Waals surface area (Å²) >= 11 is 0. The van der Waals surface area contributed by atoms with Gasteiger partial charge in [0.05, 0.1) is 6.54 Å². The summed E-state index contributed by atoms with van der Waals surface area (Å²) in [5.74, 6) is -0.0563. The quantitative estimate of drug-likeness (QED) is 0.784. The molecule has 0 spiro atoms. The maximum atomic E-state index is 11.4. The van der Waals surface area contributed by atoms with Crippen LogP contribution >= 0.6 is 0 Å². The molecule has 0 aromatic heterocycles. The first kappa shape index (κ1) is 13.5. The van der Waals surface area contributed by atoms with Crippen molar-refractivity contribution < 1.29 is 14.6 Å². The first-order valence-corrected chi connectivity index (χ1v) is 5.57. The molecule has 0 amide bonds. The van der Waals surface area contributed by atoms with E-state index in [1.165, 1.54) is 0 Å². The largest absolute Gasteiger partial charge is 0.508 e. The summed E-state index contributed by atoms with van der Waals surface area (Å²) in [7, 11) is 0. The molecule has 0 atom stereocenters.